The largest absolute Gasteiger partial charge is 0.0837 e. The van der Waals surface area contributed by atoms with E-state index in [1.54, 1.807) is 5.57 Å². The average Bonchev–Trinajstić information content (AvgIpc) is 2.61. The molecule has 1 atom stereocenters. The van der Waals surface area contributed by atoms with Crippen LogP contribution in [0.3, 0.4) is 0 Å². The first-order chi connectivity index (χ1) is 12.3. The molecule has 1 rings (SSSR count). The summed E-state index contributed by atoms with van der Waals surface area (Å²) in [6, 6.07) is 0. The molecule has 0 radical (unpaired) electrons. The Kier molecular flexibility index (Phi) is 15.2. The molecule has 0 spiro atoms. The first kappa shape index (κ1) is 22.5. The van der Waals surface area contributed by atoms with Gasteiger partial charge in [0.2, 0.25) is 0 Å². The molecule has 146 valence electrons. The Labute approximate surface area is 159 Å². The molecule has 0 aromatic heterocycles. The summed E-state index contributed by atoms with van der Waals surface area (Å²) in [4.78, 5) is 0. The third-order valence-electron chi connectivity index (χ3n) is 5.66. The zero-order valence-electron chi connectivity index (χ0n) is 17.5. The summed E-state index contributed by atoms with van der Waals surface area (Å²) >= 11 is 0. The highest BCUT2D eigenvalue weighted by atomic mass is 14.1. The molecule has 0 aromatic carbocycles. The minimum atomic E-state index is 0.765. The molecule has 0 saturated heterocycles. The number of rotatable bonds is 17. The van der Waals surface area contributed by atoms with Crippen LogP contribution < -0.4 is 0 Å². The fraction of sp³-hybridized carbons (Fsp3) is 0.840. The van der Waals surface area contributed by atoms with Gasteiger partial charge in [-0.15, -0.1) is 0 Å². The SMILES string of the molecule is CCCCCCCCCCCCCCCCCCC1=CC(C)CC=C1. The lowest BCUT2D eigenvalue weighted by molar-refractivity contribution is 0.529. The van der Waals surface area contributed by atoms with Gasteiger partial charge in [-0.05, 0) is 25.2 Å². The highest BCUT2D eigenvalue weighted by molar-refractivity contribution is 5.23. The lowest BCUT2D eigenvalue weighted by atomic mass is 9.94. The van der Waals surface area contributed by atoms with Crippen LogP contribution in [0.1, 0.15) is 129 Å². The van der Waals surface area contributed by atoms with E-state index in [0.29, 0.717) is 0 Å². The Morgan fingerprint density at radius 1 is 0.680 bits per heavy atom. The lowest BCUT2D eigenvalue weighted by Gasteiger charge is -2.12. The molecule has 0 fully saturated rings. The van der Waals surface area contributed by atoms with Crippen molar-refractivity contribution in [3.05, 3.63) is 23.8 Å². The fourth-order valence-corrected chi connectivity index (χ4v) is 3.97. The second kappa shape index (κ2) is 16.9. The highest BCUT2D eigenvalue weighted by Gasteiger charge is 2.03. The summed E-state index contributed by atoms with van der Waals surface area (Å²) in [5.74, 6) is 0.765. The Morgan fingerprint density at radius 2 is 1.12 bits per heavy atom. The van der Waals surface area contributed by atoms with Crippen LogP contribution in [0.5, 0.6) is 0 Å². The summed E-state index contributed by atoms with van der Waals surface area (Å²) in [7, 11) is 0. The molecule has 1 aliphatic rings. The van der Waals surface area contributed by atoms with Gasteiger partial charge in [-0.3, -0.25) is 0 Å². The second-order valence-electron chi connectivity index (χ2n) is 8.41. The Bertz CT molecular complexity index is 336. The summed E-state index contributed by atoms with van der Waals surface area (Å²) in [5.41, 5.74) is 1.59. The molecular weight excluding hydrogens is 300 g/mol. The molecule has 0 nitrogen and oxygen atoms in total. The zero-order valence-corrected chi connectivity index (χ0v) is 17.5. The molecule has 0 heterocycles. The maximum absolute atomic E-state index is 2.48. The highest BCUT2D eigenvalue weighted by Crippen LogP contribution is 2.21. The molecule has 25 heavy (non-hydrogen) atoms. The number of unbranched alkanes of at least 4 members (excludes halogenated alkanes) is 15. The van der Waals surface area contributed by atoms with Crippen LogP contribution in [-0.2, 0) is 0 Å². The van der Waals surface area contributed by atoms with Crippen molar-refractivity contribution in [2.45, 2.75) is 129 Å². The first-order valence-corrected chi connectivity index (χ1v) is 11.7. The van der Waals surface area contributed by atoms with E-state index in [1.165, 1.54) is 116 Å². The van der Waals surface area contributed by atoms with E-state index >= 15 is 0 Å². The molecule has 0 saturated carbocycles. The molecule has 0 aliphatic heterocycles. The minimum Gasteiger partial charge on any atom is -0.0837 e. The predicted octanol–water partition coefficient (Wildman–Crippen LogP) is 9.16. The van der Waals surface area contributed by atoms with Gasteiger partial charge in [0, 0.05) is 0 Å². The first-order valence-electron chi connectivity index (χ1n) is 11.7. The van der Waals surface area contributed by atoms with Crippen molar-refractivity contribution >= 4 is 0 Å². The van der Waals surface area contributed by atoms with Gasteiger partial charge in [-0.2, -0.15) is 0 Å². The van der Waals surface area contributed by atoms with E-state index < -0.39 is 0 Å². The molecule has 1 aliphatic carbocycles. The van der Waals surface area contributed by atoms with Crippen molar-refractivity contribution in [1.29, 1.82) is 0 Å². The van der Waals surface area contributed by atoms with E-state index in [0.717, 1.165) is 5.92 Å². The maximum atomic E-state index is 2.48. The smallest absolute Gasteiger partial charge is 0.0221 e. The van der Waals surface area contributed by atoms with Crippen molar-refractivity contribution in [3.63, 3.8) is 0 Å². The van der Waals surface area contributed by atoms with Gasteiger partial charge in [-0.25, -0.2) is 0 Å². The van der Waals surface area contributed by atoms with Crippen LogP contribution in [0.15, 0.2) is 23.8 Å². The molecule has 0 amide bonds. The van der Waals surface area contributed by atoms with Crippen molar-refractivity contribution in [3.8, 4) is 0 Å². The second-order valence-corrected chi connectivity index (χ2v) is 8.41. The zero-order chi connectivity index (χ0) is 18.0. The van der Waals surface area contributed by atoms with Crippen molar-refractivity contribution in [1.82, 2.24) is 0 Å². The third-order valence-corrected chi connectivity index (χ3v) is 5.66. The van der Waals surface area contributed by atoms with Crippen molar-refractivity contribution in [2.75, 3.05) is 0 Å². The normalized spacial score (nSPS) is 17.0. The van der Waals surface area contributed by atoms with Gasteiger partial charge in [-0.1, -0.05) is 134 Å². The standard InChI is InChI=1S/C25H46/c1-3-4-5-6-7-8-9-10-11-12-13-14-15-16-17-18-21-25-22-19-20-24(2)23-25/h19,22-24H,3-18,20-21H2,1-2H3. The summed E-state index contributed by atoms with van der Waals surface area (Å²) in [6.07, 6.45) is 33.0. The van der Waals surface area contributed by atoms with Crippen LogP contribution in [-0.4, -0.2) is 0 Å². The van der Waals surface area contributed by atoms with Crippen LogP contribution in [0.2, 0.25) is 0 Å². The van der Waals surface area contributed by atoms with Crippen molar-refractivity contribution in [2.24, 2.45) is 5.92 Å². The van der Waals surface area contributed by atoms with Crippen LogP contribution in [0.4, 0.5) is 0 Å². The summed E-state index contributed by atoms with van der Waals surface area (Å²) < 4.78 is 0. The maximum Gasteiger partial charge on any atom is -0.0221 e. The van der Waals surface area contributed by atoms with Gasteiger partial charge < -0.3 is 0 Å². The van der Waals surface area contributed by atoms with Crippen LogP contribution >= 0.6 is 0 Å². The average molecular weight is 347 g/mol. The molecule has 0 aromatic rings. The Morgan fingerprint density at radius 3 is 1.56 bits per heavy atom. The number of hydrogen-bond donors (Lipinski definition) is 0. The number of allylic oxidation sites excluding steroid dienone is 4. The molecule has 1 unspecified atom stereocenters. The lowest BCUT2D eigenvalue weighted by Crippen LogP contribution is -1.95. The van der Waals surface area contributed by atoms with E-state index in [2.05, 4.69) is 32.1 Å². The van der Waals surface area contributed by atoms with E-state index in [9.17, 15) is 0 Å². The number of hydrogen-bond acceptors (Lipinski definition) is 0. The molecule has 0 bridgehead atoms. The summed E-state index contributed by atoms with van der Waals surface area (Å²) in [5, 5.41) is 0. The predicted molar refractivity (Wildman–Crippen MR) is 115 cm³/mol. The molecule has 0 N–H and O–H groups in total. The third kappa shape index (κ3) is 14.3. The topological polar surface area (TPSA) is 0 Å². The van der Waals surface area contributed by atoms with E-state index in [-0.39, 0.29) is 0 Å². The van der Waals surface area contributed by atoms with Gasteiger partial charge in [0.05, 0.1) is 0 Å². The van der Waals surface area contributed by atoms with Gasteiger partial charge in [0.15, 0.2) is 0 Å². The van der Waals surface area contributed by atoms with Crippen molar-refractivity contribution < 1.29 is 0 Å². The quantitative estimate of drug-likeness (QED) is 0.230. The fourth-order valence-electron chi connectivity index (χ4n) is 3.97. The van der Waals surface area contributed by atoms with E-state index in [1.807, 2.05) is 0 Å². The van der Waals surface area contributed by atoms with Crippen LogP contribution in [0.25, 0.3) is 0 Å². The van der Waals surface area contributed by atoms with Gasteiger partial charge in [0.25, 0.3) is 0 Å². The van der Waals surface area contributed by atoms with E-state index in [4.69, 9.17) is 0 Å². The molecular formula is C25H46. The van der Waals surface area contributed by atoms with Gasteiger partial charge in [0.1, 0.15) is 0 Å². The Balaban J connectivity index is 1.73. The van der Waals surface area contributed by atoms with Gasteiger partial charge >= 0.3 is 0 Å². The molecule has 0 heteroatoms. The van der Waals surface area contributed by atoms with Crippen LogP contribution in [0, 0.1) is 5.92 Å². The summed E-state index contributed by atoms with van der Waals surface area (Å²) in [6.45, 7) is 4.63. The monoisotopic (exact) mass is 346 g/mol. The Hall–Kier alpha value is -0.520. The minimum absolute atomic E-state index is 0.765.